The van der Waals surface area contributed by atoms with Crippen LogP contribution in [0.25, 0.3) is 0 Å². The van der Waals surface area contributed by atoms with Gasteiger partial charge in [0.05, 0.1) is 11.4 Å². The van der Waals surface area contributed by atoms with Gasteiger partial charge >= 0.3 is 6.03 Å². The van der Waals surface area contributed by atoms with Crippen molar-refractivity contribution in [3.63, 3.8) is 0 Å². The first-order valence-electron chi connectivity index (χ1n) is 7.87. The van der Waals surface area contributed by atoms with Crippen LogP contribution in [0.4, 0.5) is 9.18 Å². The number of halogens is 1. The maximum Gasteiger partial charge on any atom is 0.325 e. The molecule has 0 radical (unpaired) electrons. The molecule has 3 rings (SSSR count). The van der Waals surface area contributed by atoms with Gasteiger partial charge in [0.2, 0.25) is 0 Å². The van der Waals surface area contributed by atoms with Crippen LogP contribution < -0.4 is 5.32 Å². The number of benzene rings is 1. The first-order chi connectivity index (χ1) is 11.9. The van der Waals surface area contributed by atoms with Gasteiger partial charge in [0.1, 0.15) is 11.4 Å². The van der Waals surface area contributed by atoms with Gasteiger partial charge < -0.3 is 5.32 Å². The van der Waals surface area contributed by atoms with Crippen LogP contribution in [0.15, 0.2) is 36.4 Å². The number of nitrogens with zero attached hydrogens (tertiary/aromatic N) is 1. The summed E-state index contributed by atoms with van der Waals surface area (Å²) in [5.74, 6) is -1.20. The van der Waals surface area contributed by atoms with Crippen LogP contribution in [0.3, 0.4) is 0 Å². The van der Waals surface area contributed by atoms with Crippen molar-refractivity contribution < 1.29 is 18.8 Å². The van der Waals surface area contributed by atoms with E-state index in [-0.39, 0.29) is 12.3 Å². The molecule has 1 aliphatic rings. The lowest BCUT2D eigenvalue weighted by Crippen LogP contribution is -2.43. The smallest absolute Gasteiger partial charge is 0.319 e. The van der Waals surface area contributed by atoms with E-state index in [2.05, 4.69) is 5.32 Å². The van der Waals surface area contributed by atoms with Crippen molar-refractivity contribution >= 4 is 29.1 Å². The Balaban J connectivity index is 1.88. The van der Waals surface area contributed by atoms with Gasteiger partial charge in [0.25, 0.3) is 5.91 Å². The topological polar surface area (TPSA) is 66.5 Å². The van der Waals surface area contributed by atoms with Crippen molar-refractivity contribution in [3.05, 3.63) is 57.5 Å². The largest absolute Gasteiger partial charge is 0.325 e. The Kier molecular flexibility index (Phi) is 4.43. The van der Waals surface area contributed by atoms with Crippen LogP contribution >= 0.6 is 11.3 Å². The molecule has 2 heterocycles. The normalized spacial score (nSPS) is 20.0. The number of ketones is 1. The van der Waals surface area contributed by atoms with Crippen molar-refractivity contribution in [3.8, 4) is 0 Å². The van der Waals surface area contributed by atoms with Gasteiger partial charge in [0.15, 0.2) is 5.78 Å². The van der Waals surface area contributed by atoms with E-state index in [1.807, 2.05) is 13.0 Å². The lowest BCUT2D eigenvalue weighted by atomic mass is 9.87. The zero-order valence-electron chi connectivity index (χ0n) is 13.8. The minimum atomic E-state index is -1.27. The molecule has 7 heteroatoms. The molecular formula is C18H17FN2O3S. The molecule has 130 valence electrons. The zero-order valence-corrected chi connectivity index (χ0v) is 14.7. The number of Topliss-reactive ketones (excluding diaryl/α,β-unsaturated/α-hetero) is 1. The summed E-state index contributed by atoms with van der Waals surface area (Å²) in [6, 6.07) is 8.34. The number of rotatable bonds is 5. The average Bonchev–Trinajstić information content (AvgIpc) is 3.13. The summed E-state index contributed by atoms with van der Waals surface area (Å²) < 4.78 is 13.2. The number of amides is 3. The Bertz CT molecular complexity index is 846. The van der Waals surface area contributed by atoms with E-state index < -0.39 is 23.3 Å². The number of carbonyl (C=O) groups excluding carboxylic acids is 3. The van der Waals surface area contributed by atoms with Crippen LogP contribution in [0.2, 0.25) is 0 Å². The Labute approximate surface area is 148 Å². The van der Waals surface area contributed by atoms with Crippen molar-refractivity contribution in [1.29, 1.82) is 0 Å². The zero-order chi connectivity index (χ0) is 18.2. The highest BCUT2D eigenvalue weighted by Gasteiger charge is 2.51. The Hall–Kier alpha value is -2.54. The molecule has 1 aromatic carbocycles. The van der Waals surface area contributed by atoms with Gasteiger partial charge in [-0.25, -0.2) is 9.18 Å². The van der Waals surface area contributed by atoms with E-state index in [0.717, 1.165) is 9.78 Å². The molecule has 0 spiro atoms. The summed E-state index contributed by atoms with van der Waals surface area (Å²) in [5, 5.41) is 2.68. The van der Waals surface area contributed by atoms with Gasteiger partial charge in [-0.2, -0.15) is 0 Å². The number of hydrogen-bond donors (Lipinski definition) is 1. The van der Waals surface area contributed by atoms with Gasteiger partial charge in [-0.05, 0) is 43.2 Å². The highest BCUT2D eigenvalue weighted by atomic mass is 32.1. The van der Waals surface area contributed by atoms with Crippen LogP contribution in [-0.4, -0.2) is 29.2 Å². The number of hydrogen-bond acceptors (Lipinski definition) is 4. The summed E-state index contributed by atoms with van der Waals surface area (Å²) >= 11 is 1.32. The van der Waals surface area contributed by atoms with Crippen LogP contribution in [0, 0.1) is 12.7 Å². The summed E-state index contributed by atoms with van der Waals surface area (Å²) in [7, 11) is 0. The Morgan fingerprint density at radius 1 is 1.20 bits per heavy atom. The third-order valence-electron chi connectivity index (χ3n) is 4.36. The average molecular weight is 360 g/mol. The maximum atomic E-state index is 13.2. The number of thiophene rings is 1. The predicted molar refractivity (Wildman–Crippen MR) is 92.0 cm³/mol. The third-order valence-corrected chi connectivity index (χ3v) is 5.40. The second-order valence-corrected chi connectivity index (χ2v) is 7.21. The summed E-state index contributed by atoms with van der Waals surface area (Å²) in [5.41, 5.74) is -0.771. The number of aryl methyl sites for hydroxylation is 1. The molecule has 0 aliphatic carbocycles. The maximum absolute atomic E-state index is 13.2. The first kappa shape index (κ1) is 17.3. The number of imide groups is 1. The molecule has 25 heavy (non-hydrogen) atoms. The third kappa shape index (κ3) is 2.95. The lowest BCUT2D eigenvalue weighted by molar-refractivity contribution is -0.131. The molecule has 1 fully saturated rings. The highest BCUT2D eigenvalue weighted by Crippen LogP contribution is 2.32. The number of carbonyl (C=O) groups is 3. The van der Waals surface area contributed by atoms with Gasteiger partial charge in [-0.1, -0.05) is 19.1 Å². The van der Waals surface area contributed by atoms with E-state index in [9.17, 15) is 18.8 Å². The van der Waals surface area contributed by atoms with Crippen LogP contribution in [0.5, 0.6) is 0 Å². The first-order valence-corrected chi connectivity index (χ1v) is 8.69. The minimum Gasteiger partial charge on any atom is -0.319 e. The van der Waals surface area contributed by atoms with Crippen LogP contribution in [-0.2, 0) is 10.3 Å². The molecule has 5 nitrogen and oxygen atoms in total. The minimum absolute atomic E-state index is 0.285. The Morgan fingerprint density at radius 3 is 2.44 bits per heavy atom. The number of nitrogens with one attached hydrogen (secondary N) is 1. The summed E-state index contributed by atoms with van der Waals surface area (Å²) in [6.07, 6.45) is 0.298. The predicted octanol–water partition coefficient (Wildman–Crippen LogP) is 3.24. The second-order valence-electron chi connectivity index (χ2n) is 5.92. The van der Waals surface area contributed by atoms with E-state index in [1.165, 1.54) is 35.6 Å². The Morgan fingerprint density at radius 2 is 1.88 bits per heavy atom. The molecule has 1 aliphatic heterocycles. The molecule has 1 N–H and O–H groups in total. The monoisotopic (exact) mass is 360 g/mol. The molecule has 0 saturated carbocycles. The lowest BCUT2D eigenvalue weighted by Gasteiger charge is -2.25. The van der Waals surface area contributed by atoms with Crippen LogP contribution in [0.1, 0.15) is 33.5 Å². The molecule has 3 amide bonds. The second kappa shape index (κ2) is 6.40. The van der Waals surface area contributed by atoms with Crippen molar-refractivity contribution in [2.75, 3.05) is 6.54 Å². The van der Waals surface area contributed by atoms with E-state index in [1.54, 1.807) is 13.0 Å². The molecule has 1 aromatic heterocycles. The number of urea groups is 1. The SMILES string of the molecule is CC[C@]1(c2ccc(F)cc2)NC(=O)N(CC(=O)c2ccc(C)s2)C1=O. The van der Waals surface area contributed by atoms with Crippen molar-refractivity contribution in [2.45, 2.75) is 25.8 Å². The van der Waals surface area contributed by atoms with E-state index in [4.69, 9.17) is 0 Å². The fourth-order valence-electron chi connectivity index (χ4n) is 2.95. The van der Waals surface area contributed by atoms with E-state index in [0.29, 0.717) is 16.9 Å². The molecule has 2 aromatic rings. The molecule has 0 bridgehead atoms. The summed E-state index contributed by atoms with van der Waals surface area (Å²) in [4.78, 5) is 40.1. The summed E-state index contributed by atoms with van der Waals surface area (Å²) in [6.45, 7) is 3.33. The molecular weight excluding hydrogens is 343 g/mol. The van der Waals surface area contributed by atoms with Gasteiger partial charge in [-0.15, -0.1) is 11.3 Å². The molecule has 1 saturated heterocycles. The van der Waals surface area contributed by atoms with Crippen molar-refractivity contribution in [2.24, 2.45) is 0 Å². The quantitative estimate of drug-likeness (QED) is 0.658. The fraction of sp³-hybridized carbons (Fsp3) is 0.278. The fourth-order valence-corrected chi connectivity index (χ4v) is 3.75. The van der Waals surface area contributed by atoms with Gasteiger partial charge in [0, 0.05) is 4.88 Å². The molecule has 1 atom stereocenters. The van der Waals surface area contributed by atoms with Crippen molar-refractivity contribution in [1.82, 2.24) is 10.2 Å². The molecule has 0 unspecified atom stereocenters. The standard InChI is InChI=1S/C18H17FN2O3S/c1-3-18(12-5-7-13(19)8-6-12)16(23)21(17(24)20-18)10-14(22)15-9-4-11(2)25-15/h4-9H,3,10H2,1-2H3,(H,20,24)/t18-/m1/s1. The highest BCUT2D eigenvalue weighted by molar-refractivity contribution is 7.14. The van der Waals surface area contributed by atoms with E-state index >= 15 is 0 Å². The van der Waals surface area contributed by atoms with Gasteiger partial charge in [-0.3, -0.25) is 14.5 Å².